The molecule has 4 nitrogen and oxygen atoms in total. The molecule has 1 aromatic heterocycles. The molecule has 2 fully saturated rings. The average Bonchev–Trinajstić information content (AvgIpc) is 3.26. The number of aromatic amines is 1. The van der Waals surface area contributed by atoms with Gasteiger partial charge in [0.15, 0.2) is 0 Å². The van der Waals surface area contributed by atoms with E-state index in [9.17, 15) is 18.0 Å². The molecule has 4 atom stereocenters. The van der Waals surface area contributed by atoms with Gasteiger partial charge in [-0.1, -0.05) is 13.0 Å². The number of hydrogen-bond acceptors (Lipinski definition) is 2. The Labute approximate surface area is 168 Å². The van der Waals surface area contributed by atoms with Crippen LogP contribution in [-0.4, -0.2) is 41.6 Å². The van der Waals surface area contributed by atoms with Crippen molar-refractivity contribution in [3.8, 4) is 0 Å². The number of anilines is 1. The van der Waals surface area contributed by atoms with E-state index < -0.39 is 12.7 Å². The summed E-state index contributed by atoms with van der Waals surface area (Å²) in [5.74, 6) is 1.67. The van der Waals surface area contributed by atoms with E-state index in [1.807, 2.05) is 12.3 Å². The van der Waals surface area contributed by atoms with Gasteiger partial charge in [-0.2, -0.15) is 13.2 Å². The highest BCUT2D eigenvalue weighted by atomic mass is 19.4. The predicted molar refractivity (Wildman–Crippen MR) is 108 cm³/mol. The van der Waals surface area contributed by atoms with Gasteiger partial charge in [0.25, 0.3) is 0 Å². The molecule has 2 aromatic rings. The Morgan fingerprint density at radius 1 is 1.28 bits per heavy atom. The minimum Gasteiger partial charge on any atom is -0.359 e. The first-order valence-electron chi connectivity index (χ1n) is 10.4. The lowest BCUT2D eigenvalue weighted by molar-refractivity contribution is -0.144. The lowest BCUT2D eigenvalue weighted by atomic mass is 9.88. The van der Waals surface area contributed by atoms with Crippen LogP contribution in [0.25, 0.3) is 10.9 Å². The zero-order valence-electron chi connectivity index (χ0n) is 16.9. The monoisotopic (exact) mass is 407 g/mol. The molecule has 2 aliphatic rings. The standard InChI is InChI=1S/C22H28F3N3O/c1-13(16-3-4-20-19(8-16)21(9-26-20)27-14(2)29)5-15-6-17-10-28(11-18(17)7-15)12-22(23,24)25/h3-4,8-9,13,15,17-18,26H,5-7,10-12H2,1-2H3,(H,27,29)/t13?,15?,17-,18+. The van der Waals surface area contributed by atoms with Crippen molar-refractivity contribution in [3.63, 3.8) is 0 Å². The summed E-state index contributed by atoms with van der Waals surface area (Å²) < 4.78 is 37.9. The summed E-state index contributed by atoms with van der Waals surface area (Å²) in [6.45, 7) is 4.12. The van der Waals surface area contributed by atoms with Crippen LogP contribution in [0.15, 0.2) is 24.4 Å². The van der Waals surface area contributed by atoms with E-state index in [1.165, 1.54) is 12.5 Å². The number of benzene rings is 1. The fraction of sp³-hybridized carbons (Fsp3) is 0.591. The zero-order valence-corrected chi connectivity index (χ0v) is 16.9. The topological polar surface area (TPSA) is 48.1 Å². The van der Waals surface area contributed by atoms with Crippen molar-refractivity contribution in [2.75, 3.05) is 25.0 Å². The molecular formula is C22H28F3N3O. The van der Waals surface area contributed by atoms with E-state index in [2.05, 4.69) is 29.4 Å². The molecule has 1 saturated carbocycles. The summed E-state index contributed by atoms with van der Waals surface area (Å²) in [7, 11) is 0. The number of carbonyl (C=O) groups is 1. The Kier molecular flexibility index (Phi) is 5.36. The SMILES string of the molecule is CC(=O)Nc1c[nH]c2ccc(C(C)CC3C[C@@H]4CN(CC(F)(F)F)C[C@@H]4C3)cc12. The first-order valence-corrected chi connectivity index (χ1v) is 10.4. The van der Waals surface area contributed by atoms with Crippen molar-refractivity contribution < 1.29 is 18.0 Å². The van der Waals surface area contributed by atoms with E-state index in [-0.39, 0.29) is 5.91 Å². The van der Waals surface area contributed by atoms with E-state index in [0.717, 1.165) is 35.9 Å². The summed E-state index contributed by atoms with van der Waals surface area (Å²) in [4.78, 5) is 16.2. The highest BCUT2D eigenvalue weighted by Gasteiger charge is 2.43. The van der Waals surface area contributed by atoms with Gasteiger partial charge in [-0.25, -0.2) is 0 Å². The number of alkyl halides is 3. The Morgan fingerprint density at radius 2 is 1.97 bits per heavy atom. The Morgan fingerprint density at radius 3 is 2.59 bits per heavy atom. The van der Waals surface area contributed by atoms with Gasteiger partial charge >= 0.3 is 6.18 Å². The molecule has 1 aromatic carbocycles. The Bertz CT molecular complexity index is 877. The number of amides is 1. The highest BCUT2D eigenvalue weighted by molar-refractivity contribution is 6.01. The second-order valence-electron chi connectivity index (χ2n) is 8.99. The first kappa shape index (κ1) is 20.3. The largest absolute Gasteiger partial charge is 0.401 e. The van der Waals surface area contributed by atoms with Gasteiger partial charge in [-0.05, 0) is 60.6 Å². The maximum absolute atomic E-state index is 12.6. The molecular weight excluding hydrogens is 379 g/mol. The summed E-state index contributed by atoms with van der Waals surface area (Å²) in [6, 6.07) is 6.31. The van der Waals surface area contributed by atoms with Crippen molar-refractivity contribution >= 4 is 22.5 Å². The van der Waals surface area contributed by atoms with Crippen LogP contribution in [0.2, 0.25) is 0 Å². The molecule has 29 heavy (non-hydrogen) atoms. The molecule has 1 aliphatic carbocycles. The van der Waals surface area contributed by atoms with Crippen LogP contribution in [0.5, 0.6) is 0 Å². The summed E-state index contributed by atoms with van der Waals surface area (Å²) in [5, 5.41) is 3.87. The number of nitrogens with one attached hydrogen (secondary N) is 2. The van der Waals surface area contributed by atoms with Crippen molar-refractivity contribution in [2.45, 2.75) is 45.2 Å². The molecule has 1 amide bonds. The van der Waals surface area contributed by atoms with E-state index in [4.69, 9.17) is 0 Å². The molecule has 1 saturated heterocycles. The van der Waals surface area contributed by atoms with Gasteiger partial charge in [0, 0.05) is 37.1 Å². The van der Waals surface area contributed by atoms with Crippen molar-refractivity contribution in [1.29, 1.82) is 0 Å². The first-order chi connectivity index (χ1) is 13.7. The van der Waals surface area contributed by atoms with Gasteiger partial charge in [0.1, 0.15) is 0 Å². The lowest BCUT2D eigenvalue weighted by Crippen LogP contribution is -2.33. The summed E-state index contributed by atoms with van der Waals surface area (Å²) >= 11 is 0. The second kappa shape index (κ2) is 7.67. The van der Waals surface area contributed by atoms with Crippen LogP contribution >= 0.6 is 0 Å². The normalized spacial score (nSPS) is 26.0. The maximum atomic E-state index is 12.6. The smallest absolute Gasteiger partial charge is 0.359 e. The average molecular weight is 407 g/mol. The van der Waals surface area contributed by atoms with E-state index >= 15 is 0 Å². The number of halogens is 3. The lowest BCUT2D eigenvalue weighted by Gasteiger charge is -2.22. The van der Waals surface area contributed by atoms with Crippen LogP contribution < -0.4 is 5.32 Å². The minimum atomic E-state index is -4.10. The fourth-order valence-corrected chi connectivity index (χ4v) is 5.47. The van der Waals surface area contributed by atoms with Crippen molar-refractivity contribution in [2.24, 2.45) is 17.8 Å². The van der Waals surface area contributed by atoms with E-state index in [1.54, 1.807) is 4.90 Å². The Balaban J connectivity index is 1.37. The van der Waals surface area contributed by atoms with Crippen molar-refractivity contribution in [1.82, 2.24) is 9.88 Å². The molecule has 4 rings (SSSR count). The maximum Gasteiger partial charge on any atom is 0.401 e. The number of fused-ring (bicyclic) bond motifs is 2. The number of nitrogens with zero attached hydrogens (tertiary/aromatic N) is 1. The van der Waals surface area contributed by atoms with Crippen LogP contribution in [0.1, 0.15) is 44.6 Å². The van der Waals surface area contributed by atoms with Crippen LogP contribution in [0.3, 0.4) is 0 Å². The van der Waals surface area contributed by atoms with Gasteiger partial charge in [0.05, 0.1) is 12.2 Å². The molecule has 0 bridgehead atoms. The molecule has 0 spiro atoms. The number of hydrogen-bond donors (Lipinski definition) is 2. The summed E-state index contributed by atoms with van der Waals surface area (Å²) in [6.07, 6.45) is 0.836. The van der Waals surface area contributed by atoms with Gasteiger partial charge in [-0.15, -0.1) is 0 Å². The molecule has 2 N–H and O–H groups in total. The Hall–Kier alpha value is -2.02. The molecule has 158 valence electrons. The number of carbonyl (C=O) groups excluding carboxylic acids is 1. The zero-order chi connectivity index (χ0) is 20.8. The molecule has 2 heterocycles. The number of H-pyrrole nitrogens is 1. The molecule has 7 heteroatoms. The quantitative estimate of drug-likeness (QED) is 0.721. The number of likely N-dealkylation sites (tertiary alicyclic amines) is 1. The minimum absolute atomic E-state index is 0.0959. The number of rotatable bonds is 5. The third kappa shape index (κ3) is 4.60. The van der Waals surface area contributed by atoms with Crippen LogP contribution in [-0.2, 0) is 4.79 Å². The fourth-order valence-electron chi connectivity index (χ4n) is 5.47. The van der Waals surface area contributed by atoms with Crippen molar-refractivity contribution in [3.05, 3.63) is 30.0 Å². The summed E-state index contributed by atoms with van der Waals surface area (Å²) in [5.41, 5.74) is 3.02. The second-order valence-corrected chi connectivity index (χ2v) is 8.99. The van der Waals surface area contributed by atoms with Gasteiger partial charge < -0.3 is 10.3 Å². The third-order valence-electron chi connectivity index (χ3n) is 6.60. The molecule has 1 aliphatic heterocycles. The number of aromatic nitrogens is 1. The predicted octanol–water partition coefficient (Wildman–Crippen LogP) is 5.14. The molecule has 2 unspecified atom stereocenters. The van der Waals surface area contributed by atoms with Gasteiger partial charge in [0.2, 0.25) is 5.91 Å². The third-order valence-corrected chi connectivity index (χ3v) is 6.60. The van der Waals surface area contributed by atoms with Crippen LogP contribution in [0.4, 0.5) is 18.9 Å². The highest BCUT2D eigenvalue weighted by Crippen LogP contribution is 2.45. The molecule has 0 radical (unpaired) electrons. The van der Waals surface area contributed by atoms with E-state index in [0.29, 0.717) is 36.8 Å². The van der Waals surface area contributed by atoms with Gasteiger partial charge in [-0.3, -0.25) is 9.69 Å². The van der Waals surface area contributed by atoms with Crippen LogP contribution in [0, 0.1) is 17.8 Å².